The number of morpholine rings is 1. The highest BCUT2D eigenvalue weighted by Gasteiger charge is 2.29. The standard InChI is InChI=1S/C17H22N4O3/c1-11-9-13(12(2)24-11)16(22)21-7-8-23-15(10-21)14-5-6-18-17(19-14)20(3)4/h5-6,9,15H,7-8,10H2,1-4H3/t15-/m1/s1. The van der Waals surface area contributed by atoms with Gasteiger partial charge >= 0.3 is 0 Å². The minimum atomic E-state index is -0.252. The van der Waals surface area contributed by atoms with Crippen molar-refractivity contribution >= 4 is 11.9 Å². The fraction of sp³-hybridized carbons (Fsp3) is 0.471. The predicted octanol–water partition coefficient (Wildman–Crippen LogP) is 1.97. The van der Waals surface area contributed by atoms with Gasteiger partial charge in [-0.2, -0.15) is 0 Å². The highest BCUT2D eigenvalue weighted by molar-refractivity contribution is 5.95. The van der Waals surface area contributed by atoms with Gasteiger partial charge in [-0.3, -0.25) is 4.79 Å². The third kappa shape index (κ3) is 3.26. The number of rotatable bonds is 3. The fourth-order valence-corrected chi connectivity index (χ4v) is 2.78. The Morgan fingerprint density at radius 2 is 2.17 bits per heavy atom. The molecule has 7 heteroatoms. The SMILES string of the molecule is Cc1cc(C(=O)N2CCO[C@@H](c3ccnc(N(C)C)n3)C2)c(C)o1. The first-order valence-electron chi connectivity index (χ1n) is 7.94. The minimum absolute atomic E-state index is 0.0282. The van der Waals surface area contributed by atoms with Crippen LogP contribution in [-0.4, -0.2) is 54.6 Å². The van der Waals surface area contributed by atoms with Crippen molar-refractivity contribution in [2.24, 2.45) is 0 Å². The molecular formula is C17H22N4O3. The van der Waals surface area contributed by atoms with Crippen LogP contribution in [0.5, 0.6) is 0 Å². The molecule has 0 saturated carbocycles. The molecule has 24 heavy (non-hydrogen) atoms. The zero-order chi connectivity index (χ0) is 17.3. The maximum Gasteiger partial charge on any atom is 0.257 e. The number of aryl methyl sites for hydroxylation is 2. The van der Waals surface area contributed by atoms with Gasteiger partial charge in [0, 0.05) is 26.8 Å². The molecular weight excluding hydrogens is 308 g/mol. The molecule has 0 bridgehead atoms. The first-order valence-corrected chi connectivity index (χ1v) is 7.94. The van der Waals surface area contributed by atoms with Gasteiger partial charge in [0.15, 0.2) is 0 Å². The number of nitrogens with zero attached hydrogens (tertiary/aromatic N) is 4. The van der Waals surface area contributed by atoms with Crippen molar-refractivity contribution in [3.63, 3.8) is 0 Å². The molecule has 1 aliphatic rings. The summed E-state index contributed by atoms with van der Waals surface area (Å²) in [4.78, 5) is 25.1. The quantitative estimate of drug-likeness (QED) is 0.857. The van der Waals surface area contributed by atoms with Crippen molar-refractivity contribution in [2.45, 2.75) is 20.0 Å². The second-order valence-corrected chi connectivity index (χ2v) is 6.11. The lowest BCUT2D eigenvalue weighted by molar-refractivity contribution is -0.0247. The van der Waals surface area contributed by atoms with Crippen molar-refractivity contribution < 1.29 is 13.9 Å². The van der Waals surface area contributed by atoms with Gasteiger partial charge in [-0.1, -0.05) is 0 Å². The summed E-state index contributed by atoms with van der Waals surface area (Å²) in [5, 5.41) is 0. The van der Waals surface area contributed by atoms with Crippen molar-refractivity contribution in [3.8, 4) is 0 Å². The Kier molecular flexibility index (Phi) is 4.53. The van der Waals surface area contributed by atoms with Gasteiger partial charge in [-0.05, 0) is 26.0 Å². The Morgan fingerprint density at radius 3 is 2.83 bits per heavy atom. The highest BCUT2D eigenvalue weighted by atomic mass is 16.5. The van der Waals surface area contributed by atoms with Crippen molar-refractivity contribution in [1.82, 2.24) is 14.9 Å². The van der Waals surface area contributed by atoms with E-state index in [9.17, 15) is 4.79 Å². The van der Waals surface area contributed by atoms with Gasteiger partial charge in [0.05, 0.1) is 24.4 Å². The first-order chi connectivity index (χ1) is 11.5. The third-order valence-corrected chi connectivity index (χ3v) is 4.02. The van der Waals surface area contributed by atoms with E-state index in [1.165, 1.54) is 0 Å². The van der Waals surface area contributed by atoms with E-state index < -0.39 is 0 Å². The van der Waals surface area contributed by atoms with Gasteiger partial charge in [0.25, 0.3) is 5.91 Å². The van der Waals surface area contributed by atoms with Crippen molar-refractivity contribution in [2.75, 3.05) is 38.7 Å². The zero-order valence-electron chi connectivity index (χ0n) is 14.4. The van der Waals surface area contributed by atoms with Crippen LogP contribution in [0.1, 0.15) is 33.7 Å². The summed E-state index contributed by atoms with van der Waals surface area (Å²) in [6.07, 6.45) is 1.46. The second-order valence-electron chi connectivity index (χ2n) is 6.11. The molecule has 0 N–H and O–H groups in total. The Labute approximate surface area is 141 Å². The van der Waals surface area contributed by atoms with Crippen LogP contribution in [0.25, 0.3) is 0 Å². The molecule has 128 valence electrons. The van der Waals surface area contributed by atoms with E-state index in [-0.39, 0.29) is 12.0 Å². The van der Waals surface area contributed by atoms with E-state index in [1.54, 1.807) is 17.2 Å². The summed E-state index contributed by atoms with van der Waals surface area (Å²) < 4.78 is 11.3. The zero-order valence-corrected chi connectivity index (χ0v) is 14.4. The van der Waals surface area contributed by atoms with E-state index in [4.69, 9.17) is 9.15 Å². The third-order valence-electron chi connectivity index (χ3n) is 4.02. The molecule has 3 rings (SSSR count). The maximum absolute atomic E-state index is 12.8. The van der Waals surface area contributed by atoms with E-state index in [2.05, 4.69) is 9.97 Å². The van der Waals surface area contributed by atoms with Gasteiger partial charge in [-0.15, -0.1) is 0 Å². The molecule has 0 unspecified atom stereocenters. The van der Waals surface area contributed by atoms with Gasteiger partial charge in [0.1, 0.15) is 17.6 Å². The molecule has 0 aromatic carbocycles. The number of hydrogen-bond donors (Lipinski definition) is 0. The second kappa shape index (κ2) is 6.60. The van der Waals surface area contributed by atoms with Crippen molar-refractivity contribution in [1.29, 1.82) is 0 Å². The summed E-state index contributed by atoms with van der Waals surface area (Å²) in [5.41, 5.74) is 1.40. The van der Waals surface area contributed by atoms with Crippen LogP contribution in [0.3, 0.4) is 0 Å². The van der Waals surface area contributed by atoms with Gasteiger partial charge < -0.3 is 19.0 Å². The number of amides is 1. The average Bonchev–Trinajstić information content (AvgIpc) is 2.92. The lowest BCUT2D eigenvalue weighted by atomic mass is 10.1. The Balaban J connectivity index is 1.78. The topological polar surface area (TPSA) is 71.7 Å². The summed E-state index contributed by atoms with van der Waals surface area (Å²) >= 11 is 0. The van der Waals surface area contributed by atoms with E-state index in [1.807, 2.05) is 38.9 Å². The minimum Gasteiger partial charge on any atom is -0.466 e. The monoisotopic (exact) mass is 330 g/mol. The molecule has 0 radical (unpaired) electrons. The lowest BCUT2D eigenvalue weighted by Gasteiger charge is -2.32. The molecule has 0 aliphatic carbocycles. The molecule has 1 amide bonds. The van der Waals surface area contributed by atoms with E-state index in [0.29, 0.717) is 37.0 Å². The van der Waals surface area contributed by atoms with Crippen LogP contribution in [-0.2, 0) is 4.74 Å². The normalized spacial score (nSPS) is 17.8. The van der Waals surface area contributed by atoms with Gasteiger partial charge in [0.2, 0.25) is 5.95 Å². The number of furan rings is 1. The lowest BCUT2D eigenvalue weighted by Crippen LogP contribution is -2.42. The van der Waals surface area contributed by atoms with Crippen LogP contribution in [0, 0.1) is 13.8 Å². The van der Waals surface area contributed by atoms with Gasteiger partial charge in [-0.25, -0.2) is 9.97 Å². The number of carbonyl (C=O) groups excluding carboxylic acids is 1. The predicted molar refractivity (Wildman–Crippen MR) is 89.1 cm³/mol. The number of ether oxygens (including phenoxy) is 1. The number of carbonyl (C=O) groups is 1. The smallest absolute Gasteiger partial charge is 0.257 e. The first kappa shape index (κ1) is 16.4. The van der Waals surface area contributed by atoms with Crippen molar-refractivity contribution in [3.05, 3.63) is 41.1 Å². The van der Waals surface area contributed by atoms with Crippen LogP contribution in [0.2, 0.25) is 0 Å². The van der Waals surface area contributed by atoms with E-state index in [0.717, 1.165) is 11.5 Å². The Hall–Kier alpha value is -2.41. The molecule has 1 fully saturated rings. The number of aromatic nitrogens is 2. The van der Waals surface area contributed by atoms with Crippen LogP contribution < -0.4 is 4.90 Å². The molecule has 1 saturated heterocycles. The van der Waals surface area contributed by atoms with Crippen LogP contribution >= 0.6 is 0 Å². The summed E-state index contributed by atoms with van der Waals surface area (Å²) in [7, 11) is 3.78. The molecule has 1 aliphatic heterocycles. The molecule has 0 spiro atoms. The largest absolute Gasteiger partial charge is 0.466 e. The summed E-state index contributed by atoms with van der Waals surface area (Å²) in [6, 6.07) is 3.62. The van der Waals surface area contributed by atoms with E-state index >= 15 is 0 Å². The molecule has 2 aromatic heterocycles. The fourth-order valence-electron chi connectivity index (χ4n) is 2.78. The van der Waals surface area contributed by atoms with Crippen LogP contribution in [0.15, 0.2) is 22.7 Å². The summed E-state index contributed by atoms with van der Waals surface area (Å²) in [6.45, 7) is 5.16. The average molecular weight is 330 g/mol. The summed E-state index contributed by atoms with van der Waals surface area (Å²) in [5.74, 6) is 1.99. The molecule has 3 heterocycles. The highest BCUT2D eigenvalue weighted by Crippen LogP contribution is 2.24. The molecule has 1 atom stereocenters. The molecule has 2 aromatic rings. The number of hydrogen-bond acceptors (Lipinski definition) is 6. The number of anilines is 1. The Morgan fingerprint density at radius 1 is 1.38 bits per heavy atom. The Bertz CT molecular complexity index is 741. The maximum atomic E-state index is 12.8. The van der Waals surface area contributed by atoms with Crippen LogP contribution in [0.4, 0.5) is 5.95 Å². The molecule has 7 nitrogen and oxygen atoms in total.